The molecule has 0 saturated carbocycles. The van der Waals surface area contributed by atoms with Crippen LogP contribution in [0.15, 0.2) is 42.5 Å². The maximum Gasteiger partial charge on any atom is 0.426 e. The van der Waals surface area contributed by atoms with E-state index in [1.54, 1.807) is 6.07 Å². The Kier molecular flexibility index (Phi) is 4.03. The molecule has 0 unspecified atom stereocenters. The second kappa shape index (κ2) is 5.75. The van der Waals surface area contributed by atoms with Gasteiger partial charge in [0, 0.05) is 6.07 Å². The lowest BCUT2D eigenvalue weighted by atomic mass is 10.2. The molecular formula is C15H10F3NO2. The molecule has 108 valence electrons. The molecule has 6 heteroatoms. The minimum Gasteiger partial charge on any atom is -0.497 e. The van der Waals surface area contributed by atoms with Crippen LogP contribution in [0.25, 0.3) is 0 Å². The van der Waals surface area contributed by atoms with E-state index < -0.39 is 17.5 Å². The number of alkyl halides is 2. The van der Waals surface area contributed by atoms with Crippen molar-refractivity contribution in [2.24, 2.45) is 0 Å². The Hall–Kier alpha value is -2.68. The molecule has 21 heavy (non-hydrogen) atoms. The van der Waals surface area contributed by atoms with E-state index >= 15 is 0 Å². The van der Waals surface area contributed by atoms with E-state index in [4.69, 9.17) is 10.00 Å². The van der Waals surface area contributed by atoms with Crippen LogP contribution in [0.2, 0.25) is 0 Å². The van der Waals surface area contributed by atoms with Gasteiger partial charge in [0.25, 0.3) is 0 Å². The van der Waals surface area contributed by atoms with Crippen molar-refractivity contribution in [2.75, 3.05) is 7.11 Å². The summed E-state index contributed by atoms with van der Waals surface area (Å²) in [6.45, 7) is 0. The Morgan fingerprint density at radius 1 is 1.05 bits per heavy atom. The van der Waals surface area contributed by atoms with Gasteiger partial charge in [-0.1, -0.05) is 0 Å². The first-order valence-corrected chi connectivity index (χ1v) is 5.87. The Balaban J connectivity index is 2.23. The summed E-state index contributed by atoms with van der Waals surface area (Å²) in [4.78, 5) is 0. The van der Waals surface area contributed by atoms with E-state index in [-0.39, 0.29) is 11.3 Å². The first kappa shape index (κ1) is 14.7. The van der Waals surface area contributed by atoms with Gasteiger partial charge in [0.05, 0.1) is 18.2 Å². The normalized spacial score (nSPS) is 10.8. The van der Waals surface area contributed by atoms with Crippen LogP contribution < -0.4 is 9.47 Å². The smallest absolute Gasteiger partial charge is 0.426 e. The zero-order chi connectivity index (χ0) is 15.5. The van der Waals surface area contributed by atoms with Crippen molar-refractivity contribution in [1.29, 1.82) is 5.26 Å². The highest BCUT2D eigenvalue weighted by molar-refractivity contribution is 5.37. The monoisotopic (exact) mass is 293 g/mol. The quantitative estimate of drug-likeness (QED) is 0.860. The van der Waals surface area contributed by atoms with Crippen LogP contribution in [0.1, 0.15) is 11.1 Å². The topological polar surface area (TPSA) is 42.2 Å². The van der Waals surface area contributed by atoms with E-state index in [1.165, 1.54) is 19.2 Å². The summed E-state index contributed by atoms with van der Waals surface area (Å²) in [5.41, 5.74) is -0.636. The van der Waals surface area contributed by atoms with Gasteiger partial charge in [0.2, 0.25) is 0 Å². The van der Waals surface area contributed by atoms with Crippen molar-refractivity contribution < 1.29 is 22.6 Å². The summed E-state index contributed by atoms with van der Waals surface area (Å²) >= 11 is 0. The number of hydrogen-bond acceptors (Lipinski definition) is 3. The molecule has 0 heterocycles. The lowest BCUT2D eigenvalue weighted by molar-refractivity contribution is -0.185. The molecule has 0 bridgehead atoms. The molecule has 0 aliphatic carbocycles. The van der Waals surface area contributed by atoms with Crippen LogP contribution in [0.3, 0.4) is 0 Å². The van der Waals surface area contributed by atoms with Crippen molar-refractivity contribution in [3.8, 4) is 17.6 Å². The van der Waals surface area contributed by atoms with Crippen LogP contribution in [0.5, 0.6) is 11.5 Å². The summed E-state index contributed by atoms with van der Waals surface area (Å²) in [5.74, 6) is -0.855. The third-order valence-corrected chi connectivity index (χ3v) is 2.73. The van der Waals surface area contributed by atoms with Crippen molar-refractivity contribution in [3.05, 3.63) is 59.4 Å². The molecule has 2 aromatic carbocycles. The molecule has 0 amide bonds. The molecule has 0 saturated heterocycles. The number of halogens is 3. The molecule has 3 nitrogen and oxygen atoms in total. The number of methoxy groups -OCH3 is 1. The van der Waals surface area contributed by atoms with Crippen molar-refractivity contribution in [3.63, 3.8) is 0 Å². The van der Waals surface area contributed by atoms with Gasteiger partial charge in [-0.15, -0.1) is 0 Å². The fourth-order valence-electron chi connectivity index (χ4n) is 1.64. The first-order valence-electron chi connectivity index (χ1n) is 5.87. The fourth-order valence-corrected chi connectivity index (χ4v) is 1.64. The van der Waals surface area contributed by atoms with Gasteiger partial charge >= 0.3 is 6.11 Å². The van der Waals surface area contributed by atoms with Gasteiger partial charge < -0.3 is 9.47 Å². The Morgan fingerprint density at radius 2 is 1.67 bits per heavy atom. The minimum atomic E-state index is -3.63. The molecule has 0 radical (unpaired) electrons. The highest BCUT2D eigenvalue weighted by Gasteiger charge is 2.34. The molecule has 0 aliphatic heterocycles. The van der Waals surface area contributed by atoms with Crippen molar-refractivity contribution in [2.45, 2.75) is 6.11 Å². The van der Waals surface area contributed by atoms with Crippen molar-refractivity contribution in [1.82, 2.24) is 0 Å². The molecule has 0 fully saturated rings. The number of nitrogens with zero attached hydrogens (tertiary/aromatic N) is 1. The van der Waals surface area contributed by atoms with Crippen molar-refractivity contribution >= 4 is 0 Å². The zero-order valence-corrected chi connectivity index (χ0v) is 10.9. The van der Waals surface area contributed by atoms with Crippen LogP contribution in [0.4, 0.5) is 13.2 Å². The SMILES string of the molecule is COc1ccc(C(F)(F)Oc2ccc(C#N)c(F)c2)cc1. The van der Waals surface area contributed by atoms with E-state index in [1.807, 2.05) is 0 Å². The molecular weight excluding hydrogens is 283 g/mol. The Labute approximate surface area is 119 Å². The number of benzene rings is 2. The second-order valence-electron chi connectivity index (χ2n) is 4.10. The van der Waals surface area contributed by atoms with E-state index in [2.05, 4.69) is 4.74 Å². The van der Waals surface area contributed by atoms with Crippen LogP contribution >= 0.6 is 0 Å². The fraction of sp³-hybridized carbons (Fsp3) is 0.133. The molecule has 2 rings (SSSR count). The largest absolute Gasteiger partial charge is 0.497 e. The van der Waals surface area contributed by atoms with Crippen LogP contribution in [-0.2, 0) is 6.11 Å². The third-order valence-electron chi connectivity index (χ3n) is 2.73. The number of nitriles is 1. The molecule has 0 spiro atoms. The highest BCUT2D eigenvalue weighted by Crippen LogP contribution is 2.32. The van der Waals surface area contributed by atoms with Gasteiger partial charge in [-0.3, -0.25) is 0 Å². The molecule has 0 atom stereocenters. The first-order chi connectivity index (χ1) is 9.96. The number of rotatable bonds is 4. The van der Waals surface area contributed by atoms with Gasteiger partial charge in [-0.05, 0) is 36.4 Å². The lowest BCUT2D eigenvalue weighted by Gasteiger charge is -2.18. The van der Waals surface area contributed by atoms with Gasteiger partial charge in [-0.25, -0.2) is 4.39 Å². The van der Waals surface area contributed by atoms with E-state index in [0.29, 0.717) is 5.75 Å². The maximum absolute atomic E-state index is 13.9. The van der Waals surface area contributed by atoms with Gasteiger partial charge in [0.15, 0.2) is 0 Å². The number of hydrogen-bond donors (Lipinski definition) is 0. The van der Waals surface area contributed by atoms with Crippen LogP contribution in [-0.4, -0.2) is 7.11 Å². The predicted molar refractivity (Wildman–Crippen MR) is 68.6 cm³/mol. The van der Waals surface area contributed by atoms with Crippen LogP contribution in [0, 0.1) is 17.1 Å². The van der Waals surface area contributed by atoms with E-state index in [9.17, 15) is 13.2 Å². The number of ether oxygens (including phenoxy) is 2. The van der Waals surface area contributed by atoms with E-state index in [0.717, 1.165) is 30.3 Å². The molecule has 0 aromatic heterocycles. The average molecular weight is 293 g/mol. The van der Waals surface area contributed by atoms with Gasteiger partial charge in [-0.2, -0.15) is 14.0 Å². The summed E-state index contributed by atoms with van der Waals surface area (Å²) in [7, 11) is 1.42. The summed E-state index contributed by atoms with van der Waals surface area (Å²) in [5, 5.41) is 8.58. The third kappa shape index (κ3) is 3.26. The average Bonchev–Trinajstić information content (AvgIpc) is 2.47. The summed E-state index contributed by atoms with van der Waals surface area (Å²) in [6, 6.07) is 9.57. The molecule has 2 aromatic rings. The predicted octanol–water partition coefficient (Wildman–Crippen LogP) is 3.83. The minimum absolute atomic E-state index is 0.241. The molecule has 0 aliphatic rings. The van der Waals surface area contributed by atoms with Gasteiger partial charge in [0.1, 0.15) is 23.4 Å². The Morgan fingerprint density at radius 3 is 2.19 bits per heavy atom. The molecule has 0 N–H and O–H groups in total. The lowest BCUT2D eigenvalue weighted by Crippen LogP contribution is -2.21. The second-order valence-corrected chi connectivity index (χ2v) is 4.10. The highest BCUT2D eigenvalue weighted by atomic mass is 19.3. The summed E-state index contributed by atoms with van der Waals surface area (Å²) in [6.07, 6.45) is -3.63. The zero-order valence-electron chi connectivity index (χ0n) is 10.9. The summed E-state index contributed by atoms with van der Waals surface area (Å²) < 4.78 is 50.6. The maximum atomic E-state index is 13.9. The standard InChI is InChI=1S/C15H10F3NO2/c1-20-12-6-3-11(4-7-12)15(17,18)21-13-5-2-10(9-19)14(16)8-13/h2-8H,1H3. The Bertz CT molecular complexity index is 678.